The van der Waals surface area contributed by atoms with Crippen LogP contribution in [-0.4, -0.2) is 33.8 Å². The summed E-state index contributed by atoms with van der Waals surface area (Å²) in [4.78, 5) is 11.6. The van der Waals surface area contributed by atoms with Gasteiger partial charge >= 0.3 is 6.03 Å². The van der Waals surface area contributed by atoms with Gasteiger partial charge < -0.3 is 10.6 Å². The van der Waals surface area contributed by atoms with E-state index in [1.54, 1.807) is 18.2 Å². The minimum absolute atomic E-state index is 0.350. The van der Waals surface area contributed by atoms with Crippen molar-refractivity contribution in [1.82, 2.24) is 5.32 Å². The minimum Gasteiger partial charge on any atom is -0.334 e. The average molecular weight is 309 g/mol. The molecule has 0 atom stereocenters. The summed E-state index contributed by atoms with van der Waals surface area (Å²) in [7, 11) is -3.31. The van der Waals surface area contributed by atoms with E-state index in [0.29, 0.717) is 24.5 Å². The molecule has 6 nitrogen and oxygen atoms in total. The molecule has 0 unspecified atom stereocenters. The molecule has 0 aliphatic carbocycles. The average Bonchev–Trinajstić information content (AvgIpc) is 2.43. The molecule has 0 spiro atoms. The van der Waals surface area contributed by atoms with Gasteiger partial charge in [-0.3, -0.25) is 4.31 Å². The highest BCUT2D eigenvalue weighted by molar-refractivity contribution is 7.92. The summed E-state index contributed by atoms with van der Waals surface area (Å²) in [5, 5.41) is 5.28. The SMILES string of the molecule is C=CCNC(=O)Nc1ccc2c(c1)N(S(C)(=O)=O)CCC2. The summed E-state index contributed by atoms with van der Waals surface area (Å²) >= 11 is 0. The molecule has 1 aliphatic heterocycles. The van der Waals surface area contributed by atoms with Crippen LogP contribution in [-0.2, 0) is 16.4 Å². The molecule has 0 aromatic heterocycles. The number of nitrogens with one attached hydrogen (secondary N) is 2. The lowest BCUT2D eigenvalue weighted by atomic mass is 10.0. The monoisotopic (exact) mass is 309 g/mol. The fraction of sp³-hybridized carbons (Fsp3) is 0.357. The van der Waals surface area contributed by atoms with Gasteiger partial charge in [-0.05, 0) is 30.5 Å². The van der Waals surface area contributed by atoms with Crippen molar-refractivity contribution in [2.75, 3.05) is 29.0 Å². The van der Waals surface area contributed by atoms with Gasteiger partial charge in [-0.15, -0.1) is 6.58 Å². The second-order valence-electron chi connectivity index (χ2n) is 4.91. The Bertz CT molecular complexity index is 655. The first-order valence-corrected chi connectivity index (χ1v) is 8.53. The van der Waals surface area contributed by atoms with Crippen LogP contribution in [0.3, 0.4) is 0 Å². The first-order valence-electron chi connectivity index (χ1n) is 6.68. The van der Waals surface area contributed by atoms with E-state index in [4.69, 9.17) is 0 Å². The molecule has 2 rings (SSSR count). The van der Waals surface area contributed by atoms with Crippen molar-refractivity contribution in [2.45, 2.75) is 12.8 Å². The molecule has 1 aromatic carbocycles. The van der Waals surface area contributed by atoms with Crippen LogP contribution >= 0.6 is 0 Å². The summed E-state index contributed by atoms with van der Waals surface area (Å²) in [5.74, 6) is 0. The number of rotatable bonds is 4. The Hall–Kier alpha value is -2.02. The van der Waals surface area contributed by atoms with Crippen molar-refractivity contribution in [3.05, 3.63) is 36.4 Å². The Kier molecular flexibility index (Phi) is 4.52. The molecule has 0 saturated heterocycles. The largest absolute Gasteiger partial charge is 0.334 e. The molecule has 2 N–H and O–H groups in total. The van der Waals surface area contributed by atoms with E-state index in [1.807, 2.05) is 6.07 Å². The Morgan fingerprint density at radius 2 is 2.24 bits per heavy atom. The minimum atomic E-state index is -3.31. The van der Waals surface area contributed by atoms with Gasteiger partial charge in [0, 0.05) is 18.8 Å². The lowest BCUT2D eigenvalue weighted by molar-refractivity contribution is 0.253. The molecule has 21 heavy (non-hydrogen) atoms. The molecule has 0 fully saturated rings. The van der Waals surface area contributed by atoms with E-state index >= 15 is 0 Å². The second kappa shape index (κ2) is 6.17. The van der Waals surface area contributed by atoms with E-state index in [9.17, 15) is 13.2 Å². The van der Waals surface area contributed by atoms with Crippen molar-refractivity contribution >= 4 is 27.4 Å². The van der Waals surface area contributed by atoms with Gasteiger partial charge in [-0.1, -0.05) is 12.1 Å². The van der Waals surface area contributed by atoms with Crippen LogP contribution in [0.1, 0.15) is 12.0 Å². The summed E-state index contributed by atoms with van der Waals surface area (Å²) in [6.07, 6.45) is 4.41. The zero-order valence-electron chi connectivity index (χ0n) is 11.9. The molecule has 1 aromatic rings. The van der Waals surface area contributed by atoms with Gasteiger partial charge in [-0.25, -0.2) is 13.2 Å². The topological polar surface area (TPSA) is 78.5 Å². The van der Waals surface area contributed by atoms with Crippen LogP contribution in [0.4, 0.5) is 16.2 Å². The highest BCUT2D eigenvalue weighted by Gasteiger charge is 2.24. The molecule has 0 saturated carbocycles. The van der Waals surface area contributed by atoms with Crippen LogP contribution in [0.15, 0.2) is 30.9 Å². The molecule has 0 radical (unpaired) electrons. The van der Waals surface area contributed by atoms with E-state index < -0.39 is 10.0 Å². The summed E-state index contributed by atoms with van der Waals surface area (Å²) in [6, 6.07) is 4.98. The smallest absolute Gasteiger partial charge is 0.319 e. The number of sulfonamides is 1. The molecular weight excluding hydrogens is 290 g/mol. The normalized spacial score (nSPS) is 14.2. The fourth-order valence-corrected chi connectivity index (χ4v) is 3.29. The van der Waals surface area contributed by atoms with Crippen molar-refractivity contribution in [3.63, 3.8) is 0 Å². The number of aryl methyl sites for hydroxylation is 1. The number of carbonyl (C=O) groups is 1. The van der Waals surface area contributed by atoms with Gasteiger partial charge in [0.05, 0.1) is 11.9 Å². The van der Waals surface area contributed by atoms with Gasteiger partial charge in [0.15, 0.2) is 0 Å². The van der Waals surface area contributed by atoms with Gasteiger partial charge in [0.2, 0.25) is 10.0 Å². The van der Waals surface area contributed by atoms with Crippen molar-refractivity contribution < 1.29 is 13.2 Å². The van der Waals surface area contributed by atoms with Gasteiger partial charge in [0.25, 0.3) is 0 Å². The number of nitrogens with zero attached hydrogens (tertiary/aromatic N) is 1. The first-order chi connectivity index (χ1) is 9.91. The van der Waals surface area contributed by atoms with E-state index in [-0.39, 0.29) is 6.03 Å². The quantitative estimate of drug-likeness (QED) is 0.831. The van der Waals surface area contributed by atoms with Crippen molar-refractivity contribution in [1.29, 1.82) is 0 Å². The van der Waals surface area contributed by atoms with Crippen LogP contribution in [0.2, 0.25) is 0 Å². The van der Waals surface area contributed by atoms with Crippen molar-refractivity contribution in [3.8, 4) is 0 Å². The Balaban J connectivity index is 2.24. The van der Waals surface area contributed by atoms with Crippen LogP contribution in [0.5, 0.6) is 0 Å². The molecule has 114 valence electrons. The maximum atomic E-state index is 11.8. The molecule has 1 aliphatic rings. The van der Waals surface area contributed by atoms with Crippen LogP contribution in [0, 0.1) is 0 Å². The Morgan fingerprint density at radius 1 is 1.48 bits per heavy atom. The summed E-state index contributed by atoms with van der Waals surface area (Å²) in [5.41, 5.74) is 2.18. The lowest BCUT2D eigenvalue weighted by Gasteiger charge is -2.29. The third-order valence-electron chi connectivity index (χ3n) is 3.23. The maximum absolute atomic E-state index is 11.8. The Morgan fingerprint density at radius 3 is 2.90 bits per heavy atom. The zero-order valence-corrected chi connectivity index (χ0v) is 12.7. The maximum Gasteiger partial charge on any atom is 0.319 e. The highest BCUT2D eigenvalue weighted by Crippen LogP contribution is 2.31. The number of hydrogen-bond acceptors (Lipinski definition) is 3. The second-order valence-corrected chi connectivity index (χ2v) is 6.81. The zero-order chi connectivity index (χ0) is 15.5. The number of hydrogen-bond donors (Lipinski definition) is 2. The molecule has 1 heterocycles. The van der Waals surface area contributed by atoms with E-state index in [2.05, 4.69) is 17.2 Å². The highest BCUT2D eigenvalue weighted by atomic mass is 32.2. The van der Waals surface area contributed by atoms with Crippen molar-refractivity contribution in [2.24, 2.45) is 0 Å². The molecule has 2 amide bonds. The first kappa shape index (κ1) is 15.4. The fourth-order valence-electron chi connectivity index (χ4n) is 2.30. The standard InChI is InChI=1S/C14H19N3O3S/c1-3-8-15-14(18)16-12-7-6-11-5-4-9-17(13(11)10-12)21(2,19)20/h3,6-7,10H,1,4-5,8-9H2,2H3,(H2,15,16,18). The predicted molar refractivity (Wildman–Crippen MR) is 84.2 cm³/mol. The van der Waals surface area contributed by atoms with Crippen LogP contribution in [0.25, 0.3) is 0 Å². The van der Waals surface area contributed by atoms with Gasteiger partial charge in [0.1, 0.15) is 0 Å². The third-order valence-corrected chi connectivity index (χ3v) is 4.41. The molecular formula is C14H19N3O3S. The number of fused-ring (bicyclic) bond motifs is 1. The predicted octanol–water partition coefficient (Wildman–Crippen LogP) is 1.71. The summed E-state index contributed by atoms with van der Waals surface area (Å²) < 4.78 is 25.1. The number of carbonyl (C=O) groups excluding carboxylic acids is 1. The van der Waals surface area contributed by atoms with E-state index in [0.717, 1.165) is 18.4 Å². The number of benzene rings is 1. The molecule has 7 heteroatoms. The number of amides is 2. The Labute approximate surface area is 124 Å². The van der Waals surface area contributed by atoms with E-state index in [1.165, 1.54) is 10.6 Å². The number of urea groups is 1. The lowest BCUT2D eigenvalue weighted by Crippen LogP contribution is -2.34. The third kappa shape index (κ3) is 3.75. The molecule has 0 bridgehead atoms. The number of anilines is 2. The van der Waals surface area contributed by atoms with Gasteiger partial charge in [-0.2, -0.15) is 0 Å². The van der Waals surface area contributed by atoms with Crippen LogP contribution < -0.4 is 14.9 Å². The summed E-state index contributed by atoms with van der Waals surface area (Å²) in [6.45, 7) is 4.36.